The van der Waals surface area contributed by atoms with Gasteiger partial charge in [0.1, 0.15) is 11.0 Å². The summed E-state index contributed by atoms with van der Waals surface area (Å²) in [7, 11) is -1.33. The van der Waals surface area contributed by atoms with E-state index in [2.05, 4.69) is 0 Å². The number of phenols is 1. The number of rotatable bonds is 5. The molecule has 0 saturated carbocycles. The van der Waals surface area contributed by atoms with E-state index in [-0.39, 0.29) is 22.1 Å². The number of halogens is 1. The Balaban J connectivity index is 2.58. The van der Waals surface area contributed by atoms with Gasteiger partial charge in [0.05, 0.1) is 19.1 Å². The van der Waals surface area contributed by atoms with Gasteiger partial charge >= 0.3 is 0 Å². The Labute approximate surface area is 150 Å². The van der Waals surface area contributed by atoms with Crippen molar-refractivity contribution in [3.8, 4) is 23.3 Å². The lowest BCUT2D eigenvalue weighted by Gasteiger charge is -2.10. The van der Waals surface area contributed by atoms with Gasteiger partial charge in [0, 0.05) is 5.02 Å². The van der Waals surface area contributed by atoms with Crippen molar-refractivity contribution in [2.75, 3.05) is 14.2 Å². The lowest BCUT2D eigenvalue weighted by Crippen LogP contribution is -2.03. The summed E-state index contributed by atoms with van der Waals surface area (Å²) in [6.45, 7) is 0. The number of hydrogen-bond acceptors (Lipinski definition) is 6. The molecule has 2 aromatic rings. The lowest BCUT2D eigenvalue weighted by molar-refractivity contribution is 0.340. The zero-order valence-corrected chi connectivity index (χ0v) is 14.9. The molecule has 0 spiro atoms. The number of nitriles is 1. The molecule has 0 aromatic heterocycles. The van der Waals surface area contributed by atoms with Gasteiger partial charge in [-0.05, 0) is 48.0 Å². The standard InChI is InChI=1S/C17H14ClNO5S/c1-23-15-8-11(9-16(24-2)17(15)20)7-14(10-19)25(21,22)13-5-3-12(18)4-6-13/h3-9,20H,1-2H3. The number of nitrogens with zero attached hydrogens (tertiary/aromatic N) is 1. The third-order valence-electron chi connectivity index (χ3n) is 3.32. The molecule has 0 radical (unpaired) electrons. The van der Waals surface area contributed by atoms with Gasteiger partial charge in [-0.25, -0.2) is 8.42 Å². The van der Waals surface area contributed by atoms with Crippen molar-refractivity contribution in [3.63, 3.8) is 0 Å². The molecule has 6 nitrogen and oxygen atoms in total. The first-order valence-corrected chi connectivity index (χ1v) is 8.77. The van der Waals surface area contributed by atoms with Gasteiger partial charge in [-0.3, -0.25) is 0 Å². The normalized spacial score (nSPS) is 11.7. The number of methoxy groups -OCH3 is 2. The van der Waals surface area contributed by atoms with Crippen LogP contribution in [-0.2, 0) is 9.84 Å². The van der Waals surface area contributed by atoms with Crippen molar-refractivity contribution < 1.29 is 23.0 Å². The Morgan fingerprint density at radius 3 is 2.12 bits per heavy atom. The summed E-state index contributed by atoms with van der Waals surface area (Å²) in [6.07, 6.45) is 1.18. The SMILES string of the molecule is COc1cc(C=C(C#N)S(=O)(=O)c2ccc(Cl)cc2)cc(OC)c1O. The molecular formula is C17H14ClNO5S. The summed E-state index contributed by atoms with van der Waals surface area (Å²) in [4.78, 5) is -0.521. The monoisotopic (exact) mass is 379 g/mol. The minimum absolute atomic E-state index is 0.0533. The molecule has 0 unspecified atom stereocenters. The van der Waals surface area contributed by atoms with E-state index in [1.165, 1.54) is 56.7 Å². The lowest BCUT2D eigenvalue weighted by atomic mass is 10.1. The van der Waals surface area contributed by atoms with Crippen molar-refractivity contribution in [2.45, 2.75) is 4.90 Å². The van der Waals surface area contributed by atoms with Crippen LogP contribution in [0.25, 0.3) is 6.08 Å². The molecule has 0 atom stereocenters. The Bertz CT molecular complexity index is 935. The number of hydrogen-bond donors (Lipinski definition) is 1. The largest absolute Gasteiger partial charge is 0.502 e. The molecule has 1 N–H and O–H groups in total. The maximum atomic E-state index is 12.6. The van der Waals surface area contributed by atoms with Crippen molar-refractivity contribution in [1.29, 1.82) is 5.26 Å². The maximum absolute atomic E-state index is 12.6. The smallest absolute Gasteiger partial charge is 0.216 e. The third-order valence-corrected chi connectivity index (χ3v) is 5.26. The van der Waals surface area contributed by atoms with E-state index in [0.717, 1.165) is 0 Å². The van der Waals surface area contributed by atoms with Crippen molar-refractivity contribution in [3.05, 3.63) is 51.9 Å². The van der Waals surface area contributed by atoms with Crippen molar-refractivity contribution in [1.82, 2.24) is 0 Å². The second kappa shape index (κ2) is 7.47. The Morgan fingerprint density at radius 2 is 1.68 bits per heavy atom. The van der Waals surface area contributed by atoms with Gasteiger partial charge in [-0.1, -0.05) is 11.6 Å². The highest BCUT2D eigenvalue weighted by atomic mass is 35.5. The van der Waals surface area contributed by atoms with Gasteiger partial charge in [0.25, 0.3) is 0 Å². The van der Waals surface area contributed by atoms with Gasteiger partial charge in [-0.15, -0.1) is 0 Å². The molecule has 2 rings (SSSR count). The molecule has 0 amide bonds. The maximum Gasteiger partial charge on any atom is 0.216 e. The Morgan fingerprint density at radius 1 is 1.16 bits per heavy atom. The zero-order chi connectivity index (χ0) is 18.6. The molecule has 0 heterocycles. The molecule has 0 aliphatic rings. The van der Waals surface area contributed by atoms with E-state index in [9.17, 15) is 18.8 Å². The predicted molar refractivity (Wildman–Crippen MR) is 93.4 cm³/mol. The Hall–Kier alpha value is -2.69. The van der Waals surface area contributed by atoms with Crippen LogP contribution in [0.2, 0.25) is 5.02 Å². The van der Waals surface area contributed by atoms with Crippen LogP contribution < -0.4 is 9.47 Å². The average Bonchev–Trinajstić information content (AvgIpc) is 2.60. The first kappa shape index (κ1) is 18.6. The van der Waals surface area contributed by atoms with E-state index in [0.29, 0.717) is 10.6 Å². The van der Waals surface area contributed by atoms with E-state index in [1.54, 1.807) is 6.07 Å². The second-order valence-corrected chi connectivity index (χ2v) is 7.21. The van der Waals surface area contributed by atoms with Gasteiger partial charge in [0.2, 0.25) is 15.6 Å². The number of phenolic OH excluding ortho intramolecular Hbond substituents is 1. The summed E-state index contributed by atoms with van der Waals surface area (Å²) in [5, 5.41) is 19.6. The van der Waals surface area contributed by atoms with E-state index >= 15 is 0 Å². The molecule has 25 heavy (non-hydrogen) atoms. The molecule has 0 bridgehead atoms. The van der Waals surface area contributed by atoms with Crippen LogP contribution in [0.15, 0.2) is 46.2 Å². The van der Waals surface area contributed by atoms with E-state index < -0.39 is 14.7 Å². The highest BCUT2D eigenvalue weighted by Gasteiger charge is 2.21. The number of sulfone groups is 1. The summed E-state index contributed by atoms with van der Waals surface area (Å²) < 4.78 is 35.3. The molecule has 0 aliphatic carbocycles. The first-order valence-electron chi connectivity index (χ1n) is 6.91. The molecule has 2 aromatic carbocycles. The topological polar surface area (TPSA) is 96.6 Å². The Kier molecular flexibility index (Phi) is 5.57. The van der Waals surface area contributed by atoms with Gasteiger partial charge in [0.15, 0.2) is 11.5 Å². The summed E-state index contributed by atoms with van der Waals surface area (Å²) in [5.41, 5.74) is 0.320. The number of aromatic hydroxyl groups is 1. The molecule has 0 aliphatic heterocycles. The molecule has 0 fully saturated rings. The number of allylic oxidation sites excluding steroid dienone is 1. The highest BCUT2D eigenvalue weighted by Crippen LogP contribution is 2.38. The fourth-order valence-corrected chi connectivity index (χ4v) is 3.34. The summed E-state index contributed by atoms with van der Waals surface area (Å²) in [5.74, 6) is -0.0419. The van der Waals surface area contributed by atoms with E-state index in [4.69, 9.17) is 21.1 Å². The average molecular weight is 380 g/mol. The van der Waals surface area contributed by atoms with E-state index in [1.807, 2.05) is 0 Å². The van der Waals surface area contributed by atoms with Crippen LogP contribution in [0.3, 0.4) is 0 Å². The van der Waals surface area contributed by atoms with Crippen LogP contribution >= 0.6 is 11.6 Å². The molecule has 0 saturated heterocycles. The van der Waals surface area contributed by atoms with Crippen molar-refractivity contribution >= 4 is 27.5 Å². The van der Waals surface area contributed by atoms with Gasteiger partial charge < -0.3 is 14.6 Å². The second-order valence-electron chi connectivity index (χ2n) is 4.85. The third kappa shape index (κ3) is 3.87. The zero-order valence-electron chi connectivity index (χ0n) is 13.4. The molecule has 8 heteroatoms. The first-order chi connectivity index (χ1) is 11.8. The van der Waals surface area contributed by atoms with Crippen LogP contribution in [0.1, 0.15) is 5.56 Å². The number of ether oxygens (including phenoxy) is 2. The quantitative estimate of drug-likeness (QED) is 0.799. The predicted octanol–water partition coefficient (Wildman–Crippen LogP) is 3.40. The number of benzene rings is 2. The minimum atomic E-state index is -4.02. The van der Waals surface area contributed by atoms with Crippen LogP contribution in [0.5, 0.6) is 17.2 Å². The fourth-order valence-electron chi connectivity index (χ4n) is 2.06. The summed E-state index contributed by atoms with van der Waals surface area (Å²) >= 11 is 5.76. The van der Waals surface area contributed by atoms with Gasteiger partial charge in [-0.2, -0.15) is 5.26 Å². The molecule has 130 valence electrons. The van der Waals surface area contributed by atoms with Crippen LogP contribution in [0, 0.1) is 11.3 Å². The van der Waals surface area contributed by atoms with Crippen LogP contribution in [-0.4, -0.2) is 27.7 Å². The molecular weight excluding hydrogens is 366 g/mol. The fraction of sp³-hybridized carbons (Fsp3) is 0.118. The minimum Gasteiger partial charge on any atom is -0.502 e. The van der Waals surface area contributed by atoms with Crippen LogP contribution in [0.4, 0.5) is 0 Å². The van der Waals surface area contributed by atoms with Crippen molar-refractivity contribution in [2.24, 2.45) is 0 Å². The highest BCUT2D eigenvalue weighted by molar-refractivity contribution is 7.95. The summed E-state index contributed by atoms with van der Waals surface area (Å²) in [6, 6.07) is 9.97.